The molecule has 1 aliphatic rings. The molecule has 1 N–H and O–H groups in total. The van der Waals surface area contributed by atoms with Crippen molar-refractivity contribution in [1.82, 2.24) is 14.2 Å². The second-order valence-corrected chi connectivity index (χ2v) is 10.5. The van der Waals surface area contributed by atoms with Gasteiger partial charge in [-0.15, -0.1) is 6.58 Å². The first-order valence-corrected chi connectivity index (χ1v) is 13.3. The standard InChI is InChI=1S/C24H37N4O9P/c1-9-12-33-38(28(14(2)3)15(4)5)34-13-19-21(35-17(7)30)22(36-18(8)31)23(37-19)27-11-10-20(25-16(6)29)26-24(27)32/h9-11,14-15,19,21-23H,1,12-13H2,2-8H3,(H,25,26,29,32)/t19-,21-,22-,23-,38?/m1/s1. The van der Waals surface area contributed by atoms with Crippen LogP contribution < -0.4 is 11.0 Å². The number of rotatable bonds is 13. The lowest BCUT2D eigenvalue weighted by Crippen LogP contribution is -2.42. The zero-order chi connectivity index (χ0) is 28.6. The van der Waals surface area contributed by atoms with E-state index in [1.165, 1.54) is 33.0 Å². The van der Waals surface area contributed by atoms with Crippen LogP contribution in [0.15, 0.2) is 29.7 Å². The Balaban J connectivity index is 2.41. The Labute approximate surface area is 223 Å². The van der Waals surface area contributed by atoms with Gasteiger partial charge in [-0.05, 0) is 33.8 Å². The van der Waals surface area contributed by atoms with Gasteiger partial charge in [0.15, 0.2) is 18.4 Å². The van der Waals surface area contributed by atoms with Gasteiger partial charge in [-0.2, -0.15) is 4.98 Å². The summed E-state index contributed by atoms with van der Waals surface area (Å²) in [6.45, 7) is 15.6. The summed E-state index contributed by atoms with van der Waals surface area (Å²) in [5, 5.41) is 2.43. The molecule has 1 unspecified atom stereocenters. The fourth-order valence-corrected chi connectivity index (χ4v) is 5.57. The van der Waals surface area contributed by atoms with Gasteiger partial charge in [0.05, 0.1) is 13.2 Å². The van der Waals surface area contributed by atoms with Crippen LogP contribution in [-0.4, -0.2) is 75.7 Å². The minimum absolute atomic E-state index is 0.0460. The first-order valence-electron chi connectivity index (χ1n) is 12.2. The van der Waals surface area contributed by atoms with Gasteiger partial charge in [0.25, 0.3) is 8.53 Å². The molecule has 1 saturated heterocycles. The largest absolute Gasteiger partial charge is 0.456 e. The lowest BCUT2D eigenvalue weighted by Gasteiger charge is -2.36. The van der Waals surface area contributed by atoms with E-state index in [2.05, 4.69) is 21.6 Å². The van der Waals surface area contributed by atoms with Crippen LogP contribution in [0.2, 0.25) is 0 Å². The van der Waals surface area contributed by atoms with E-state index in [0.717, 1.165) is 4.57 Å². The molecule has 38 heavy (non-hydrogen) atoms. The van der Waals surface area contributed by atoms with E-state index < -0.39 is 56.6 Å². The van der Waals surface area contributed by atoms with E-state index in [9.17, 15) is 19.2 Å². The molecule has 2 heterocycles. The van der Waals surface area contributed by atoms with Crippen molar-refractivity contribution in [3.63, 3.8) is 0 Å². The SMILES string of the molecule is C=CCOP(OC[C@H]1O[C@@H](n2ccc(NC(C)=O)nc2=O)[C@H](OC(C)=O)[C@@H]1OC(C)=O)N(C(C)C)C(C)C. The Kier molecular flexibility index (Phi) is 12.0. The van der Waals surface area contributed by atoms with Crippen LogP contribution >= 0.6 is 8.53 Å². The van der Waals surface area contributed by atoms with Gasteiger partial charge in [-0.3, -0.25) is 19.0 Å². The minimum atomic E-state index is -1.57. The van der Waals surface area contributed by atoms with Crippen molar-refractivity contribution in [3.05, 3.63) is 35.4 Å². The van der Waals surface area contributed by atoms with E-state index >= 15 is 0 Å². The van der Waals surface area contributed by atoms with Crippen molar-refractivity contribution in [2.75, 3.05) is 18.5 Å². The Morgan fingerprint density at radius 2 is 1.74 bits per heavy atom. The van der Waals surface area contributed by atoms with Gasteiger partial charge in [-0.1, -0.05) is 6.08 Å². The van der Waals surface area contributed by atoms with Crippen molar-refractivity contribution in [2.45, 2.75) is 85.1 Å². The third-order valence-corrected chi connectivity index (χ3v) is 7.24. The van der Waals surface area contributed by atoms with Crippen molar-refractivity contribution in [1.29, 1.82) is 0 Å². The maximum absolute atomic E-state index is 12.8. The van der Waals surface area contributed by atoms with Crippen LogP contribution in [0.25, 0.3) is 0 Å². The van der Waals surface area contributed by atoms with E-state index in [0.29, 0.717) is 0 Å². The molecular formula is C24H37N4O9P. The summed E-state index contributed by atoms with van der Waals surface area (Å²) in [5.41, 5.74) is -0.774. The van der Waals surface area contributed by atoms with E-state index in [1.807, 2.05) is 27.7 Å². The molecule has 1 aromatic rings. The second kappa shape index (κ2) is 14.5. The van der Waals surface area contributed by atoms with E-state index in [-0.39, 0.29) is 31.1 Å². The Morgan fingerprint density at radius 1 is 1.13 bits per heavy atom. The first kappa shape index (κ1) is 31.5. The molecule has 1 fully saturated rings. The number of carbonyl (C=O) groups is 3. The molecule has 1 amide bonds. The van der Waals surface area contributed by atoms with Crippen molar-refractivity contribution < 1.29 is 37.6 Å². The average Bonchev–Trinajstić information content (AvgIpc) is 3.10. The van der Waals surface area contributed by atoms with Crippen LogP contribution in [0.4, 0.5) is 5.82 Å². The fraction of sp³-hybridized carbons (Fsp3) is 0.625. The third-order valence-electron chi connectivity index (χ3n) is 5.20. The molecule has 0 bridgehead atoms. The van der Waals surface area contributed by atoms with Gasteiger partial charge in [0, 0.05) is 39.1 Å². The summed E-state index contributed by atoms with van der Waals surface area (Å²) in [7, 11) is -1.57. The molecule has 0 radical (unpaired) electrons. The second-order valence-electron chi connectivity index (χ2n) is 9.08. The van der Waals surface area contributed by atoms with Gasteiger partial charge >= 0.3 is 17.6 Å². The van der Waals surface area contributed by atoms with Crippen molar-refractivity contribution in [3.8, 4) is 0 Å². The monoisotopic (exact) mass is 556 g/mol. The minimum Gasteiger partial charge on any atom is -0.456 e. The fourth-order valence-electron chi connectivity index (χ4n) is 3.97. The summed E-state index contributed by atoms with van der Waals surface area (Å²) in [6, 6.07) is 1.58. The number of aromatic nitrogens is 2. The highest BCUT2D eigenvalue weighted by Crippen LogP contribution is 2.47. The van der Waals surface area contributed by atoms with Crippen LogP contribution in [0.3, 0.4) is 0 Å². The zero-order valence-electron chi connectivity index (χ0n) is 22.8. The normalized spacial score (nSPS) is 21.9. The summed E-state index contributed by atoms with van der Waals surface area (Å²) in [4.78, 5) is 51.9. The molecule has 14 heteroatoms. The van der Waals surface area contributed by atoms with Gasteiger partial charge < -0.3 is 28.6 Å². The first-order chi connectivity index (χ1) is 17.8. The Morgan fingerprint density at radius 3 is 2.24 bits per heavy atom. The number of hydrogen-bond donors (Lipinski definition) is 1. The lowest BCUT2D eigenvalue weighted by atomic mass is 10.1. The predicted molar refractivity (Wildman–Crippen MR) is 139 cm³/mol. The van der Waals surface area contributed by atoms with Crippen LogP contribution in [-0.2, 0) is 37.6 Å². The molecule has 1 aromatic heterocycles. The molecule has 1 aliphatic heterocycles. The maximum Gasteiger partial charge on any atom is 0.351 e. The van der Waals surface area contributed by atoms with E-state index in [4.69, 9.17) is 23.3 Å². The number of hydrogen-bond acceptors (Lipinski definition) is 11. The molecule has 2 rings (SSSR count). The van der Waals surface area contributed by atoms with Crippen molar-refractivity contribution >= 4 is 32.2 Å². The molecule has 212 valence electrons. The number of nitrogens with one attached hydrogen (secondary N) is 1. The topological polar surface area (TPSA) is 148 Å². The van der Waals surface area contributed by atoms with Crippen molar-refractivity contribution in [2.24, 2.45) is 0 Å². The average molecular weight is 557 g/mol. The van der Waals surface area contributed by atoms with Gasteiger partial charge in [-0.25, -0.2) is 9.46 Å². The number of carbonyl (C=O) groups excluding carboxylic acids is 3. The maximum atomic E-state index is 12.8. The summed E-state index contributed by atoms with van der Waals surface area (Å²) < 4.78 is 32.3. The smallest absolute Gasteiger partial charge is 0.351 e. The summed E-state index contributed by atoms with van der Waals surface area (Å²) in [5.74, 6) is -1.65. The quantitative estimate of drug-likeness (QED) is 0.217. The highest BCUT2D eigenvalue weighted by atomic mass is 31.2. The molecule has 13 nitrogen and oxygen atoms in total. The Bertz CT molecular complexity index is 1040. The molecule has 0 saturated carbocycles. The zero-order valence-corrected chi connectivity index (χ0v) is 23.7. The number of anilines is 1. The number of nitrogens with zero attached hydrogens (tertiary/aromatic N) is 3. The van der Waals surface area contributed by atoms with Crippen LogP contribution in [0.1, 0.15) is 54.7 Å². The number of amides is 1. The highest BCUT2D eigenvalue weighted by Gasteiger charge is 2.51. The predicted octanol–water partition coefficient (Wildman–Crippen LogP) is 2.53. The van der Waals surface area contributed by atoms with Gasteiger partial charge in [0.1, 0.15) is 11.9 Å². The molecular weight excluding hydrogens is 519 g/mol. The molecule has 5 atom stereocenters. The lowest BCUT2D eigenvalue weighted by molar-refractivity contribution is -0.165. The Hall–Kier alpha value is -2.70. The molecule has 0 aromatic carbocycles. The molecule has 0 spiro atoms. The number of ether oxygens (including phenoxy) is 3. The number of esters is 2. The third kappa shape index (κ3) is 8.67. The van der Waals surface area contributed by atoms with Gasteiger partial charge in [0.2, 0.25) is 5.91 Å². The molecule has 0 aliphatic carbocycles. The highest BCUT2D eigenvalue weighted by molar-refractivity contribution is 7.44. The van der Waals surface area contributed by atoms with Crippen LogP contribution in [0, 0.1) is 0 Å². The van der Waals surface area contributed by atoms with Crippen LogP contribution in [0.5, 0.6) is 0 Å². The van der Waals surface area contributed by atoms with E-state index in [1.54, 1.807) is 6.08 Å². The summed E-state index contributed by atoms with van der Waals surface area (Å²) in [6.07, 6.45) is -1.42. The summed E-state index contributed by atoms with van der Waals surface area (Å²) >= 11 is 0.